The van der Waals surface area contributed by atoms with E-state index in [4.69, 9.17) is 16.3 Å². The van der Waals surface area contributed by atoms with Crippen LogP contribution in [0.5, 0.6) is 5.75 Å². The fraction of sp³-hybridized carbons (Fsp3) is 0.100. The van der Waals surface area contributed by atoms with E-state index in [1.807, 2.05) is 24.3 Å². The van der Waals surface area contributed by atoms with Crippen LogP contribution in [-0.2, 0) is 11.3 Å². The minimum Gasteiger partial charge on any atom is -0.497 e. The van der Waals surface area contributed by atoms with Gasteiger partial charge in [0.05, 0.1) is 13.7 Å². The summed E-state index contributed by atoms with van der Waals surface area (Å²) in [4.78, 5) is 12.1. The Labute approximate surface area is 161 Å². The number of carbonyl (C=O) groups is 1. The number of aromatic nitrogens is 2. The first kappa shape index (κ1) is 18.7. The lowest BCUT2D eigenvalue weighted by Gasteiger charge is -2.02. The highest BCUT2D eigenvalue weighted by Crippen LogP contribution is 2.20. The first-order valence-electron chi connectivity index (χ1n) is 8.14. The predicted octanol–water partition coefficient (Wildman–Crippen LogP) is 4.38. The van der Waals surface area contributed by atoms with Gasteiger partial charge in [-0.3, -0.25) is 9.48 Å². The van der Waals surface area contributed by atoms with Crippen LogP contribution in [-0.4, -0.2) is 22.8 Å². The number of methoxy groups -OCH3 is 1. The topological polar surface area (TPSA) is 56.1 Å². The molecule has 5 nitrogen and oxygen atoms in total. The van der Waals surface area contributed by atoms with Crippen molar-refractivity contribution < 1.29 is 13.9 Å². The molecular weight excluding hydrogens is 369 g/mol. The summed E-state index contributed by atoms with van der Waals surface area (Å²) < 4.78 is 19.9. The van der Waals surface area contributed by atoms with E-state index in [-0.39, 0.29) is 17.5 Å². The standard InChI is InChI=1S/C20H17ClFN3O2/c1-27-17-8-5-14(6-9-17)7-10-19(26)23-20-18(21)13-25(24-20)12-15-3-2-4-16(22)11-15/h2-11,13H,12H2,1H3,(H,23,24,26)/b10-7+. The van der Waals surface area contributed by atoms with Crippen LogP contribution in [0.15, 0.2) is 60.8 Å². The largest absolute Gasteiger partial charge is 0.497 e. The van der Waals surface area contributed by atoms with Crippen LogP contribution < -0.4 is 10.1 Å². The maximum atomic E-state index is 13.3. The molecule has 1 heterocycles. The summed E-state index contributed by atoms with van der Waals surface area (Å²) in [5.74, 6) is 0.316. The van der Waals surface area contributed by atoms with Crippen LogP contribution in [0.4, 0.5) is 10.2 Å². The number of amides is 1. The Hall–Kier alpha value is -3.12. The molecule has 0 aliphatic rings. The molecular formula is C20H17ClFN3O2. The molecule has 1 amide bonds. The fourth-order valence-electron chi connectivity index (χ4n) is 2.43. The highest BCUT2D eigenvalue weighted by Gasteiger charge is 2.09. The summed E-state index contributed by atoms with van der Waals surface area (Å²) in [7, 11) is 1.59. The van der Waals surface area contributed by atoms with Gasteiger partial charge in [-0.1, -0.05) is 35.9 Å². The van der Waals surface area contributed by atoms with Gasteiger partial charge in [0.25, 0.3) is 0 Å². The van der Waals surface area contributed by atoms with E-state index in [1.54, 1.807) is 36.2 Å². The third-order valence-electron chi connectivity index (χ3n) is 3.74. The molecule has 0 fully saturated rings. The Morgan fingerprint density at radius 3 is 2.78 bits per heavy atom. The van der Waals surface area contributed by atoms with E-state index >= 15 is 0 Å². The number of ether oxygens (including phenoxy) is 1. The van der Waals surface area contributed by atoms with Crippen LogP contribution in [0.2, 0.25) is 5.02 Å². The van der Waals surface area contributed by atoms with E-state index < -0.39 is 0 Å². The molecule has 0 radical (unpaired) electrons. The average Bonchev–Trinajstić information content (AvgIpc) is 2.99. The third-order valence-corrected chi connectivity index (χ3v) is 4.01. The van der Waals surface area contributed by atoms with Crippen LogP contribution in [0.3, 0.4) is 0 Å². The van der Waals surface area contributed by atoms with Crippen LogP contribution >= 0.6 is 11.6 Å². The quantitative estimate of drug-likeness (QED) is 0.640. The Kier molecular flexibility index (Phi) is 5.88. The monoisotopic (exact) mass is 385 g/mol. The Balaban J connectivity index is 1.63. The molecule has 2 aromatic carbocycles. The lowest BCUT2D eigenvalue weighted by atomic mass is 10.2. The number of carbonyl (C=O) groups excluding carboxylic acids is 1. The Bertz CT molecular complexity index is 968. The van der Waals surface area contributed by atoms with Crippen molar-refractivity contribution in [3.63, 3.8) is 0 Å². The molecule has 0 atom stereocenters. The lowest BCUT2D eigenvalue weighted by molar-refractivity contribution is -0.111. The second-order valence-electron chi connectivity index (χ2n) is 5.75. The zero-order chi connectivity index (χ0) is 19.2. The van der Waals surface area contributed by atoms with Crippen LogP contribution in [0, 0.1) is 5.82 Å². The molecule has 1 aromatic heterocycles. The van der Waals surface area contributed by atoms with Crippen molar-refractivity contribution in [2.45, 2.75) is 6.54 Å². The molecule has 0 unspecified atom stereocenters. The molecule has 138 valence electrons. The van der Waals surface area contributed by atoms with Gasteiger partial charge in [0.2, 0.25) is 5.91 Å². The van der Waals surface area contributed by atoms with Crippen LogP contribution in [0.1, 0.15) is 11.1 Å². The molecule has 0 saturated heterocycles. The second-order valence-corrected chi connectivity index (χ2v) is 6.16. The number of benzene rings is 2. The fourth-order valence-corrected chi connectivity index (χ4v) is 2.63. The molecule has 3 rings (SSSR count). The summed E-state index contributed by atoms with van der Waals surface area (Å²) in [5, 5.41) is 7.17. The summed E-state index contributed by atoms with van der Waals surface area (Å²) in [6.45, 7) is 0.342. The van der Waals surface area contributed by atoms with E-state index in [9.17, 15) is 9.18 Å². The average molecular weight is 386 g/mol. The van der Waals surface area contributed by atoms with E-state index in [2.05, 4.69) is 10.4 Å². The normalized spacial score (nSPS) is 10.9. The number of nitrogens with zero attached hydrogens (tertiary/aromatic N) is 2. The Morgan fingerprint density at radius 1 is 1.30 bits per heavy atom. The smallest absolute Gasteiger partial charge is 0.249 e. The minimum atomic E-state index is -0.358. The zero-order valence-corrected chi connectivity index (χ0v) is 15.3. The molecule has 27 heavy (non-hydrogen) atoms. The summed E-state index contributed by atoms with van der Waals surface area (Å²) in [6, 6.07) is 13.5. The molecule has 0 saturated carbocycles. The second kappa shape index (κ2) is 8.51. The third kappa shape index (κ3) is 5.18. The Morgan fingerprint density at radius 2 is 2.07 bits per heavy atom. The van der Waals surface area contributed by atoms with Crippen molar-refractivity contribution in [2.24, 2.45) is 0 Å². The van der Waals surface area contributed by atoms with Gasteiger partial charge in [-0.25, -0.2) is 4.39 Å². The van der Waals surface area contributed by atoms with Gasteiger partial charge in [-0.15, -0.1) is 0 Å². The number of nitrogens with one attached hydrogen (secondary N) is 1. The summed E-state index contributed by atoms with van der Waals surface area (Å²) in [6.07, 6.45) is 4.64. The van der Waals surface area contributed by atoms with Crippen molar-refractivity contribution in [3.8, 4) is 5.75 Å². The molecule has 0 spiro atoms. The van der Waals surface area contributed by atoms with Gasteiger partial charge in [-0.05, 0) is 41.5 Å². The number of hydrogen-bond donors (Lipinski definition) is 1. The summed E-state index contributed by atoms with van der Waals surface area (Å²) >= 11 is 6.13. The van der Waals surface area contributed by atoms with Crippen molar-refractivity contribution in [1.29, 1.82) is 0 Å². The van der Waals surface area contributed by atoms with Crippen molar-refractivity contribution in [1.82, 2.24) is 9.78 Å². The lowest BCUT2D eigenvalue weighted by Crippen LogP contribution is -2.09. The van der Waals surface area contributed by atoms with Crippen molar-refractivity contribution >= 4 is 29.4 Å². The highest BCUT2D eigenvalue weighted by molar-refractivity contribution is 6.33. The maximum Gasteiger partial charge on any atom is 0.249 e. The number of anilines is 1. The van der Waals surface area contributed by atoms with Crippen LogP contribution in [0.25, 0.3) is 6.08 Å². The van der Waals surface area contributed by atoms with Gasteiger partial charge in [-0.2, -0.15) is 5.10 Å². The number of halogens is 2. The SMILES string of the molecule is COc1ccc(/C=C/C(=O)Nc2nn(Cc3cccc(F)c3)cc2Cl)cc1. The molecule has 0 aliphatic carbocycles. The van der Waals surface area contributed by atoms with Gasteiger partial charge >= 0.3 is 0 Å². The first-order chi connectivity index (χ1) is 13.0. The molecule has 3 aromatic rings. The molecule has 7 heteroatoms. The molecule has 0 aliphatic heterocycles. The zero-order valence-electron chi connectivity index (χ0n) is 14.5. The molecule has 0 bridgehead atoms. The van der Waals surface area contributed by atoms with Gasteiger partial charge in [0.1, 0.15) is 16.6 Å². The first-order valence-corrected chi connectivity index (χ1v) is 8.52. The van der Waals surface area contributed by atoms with Gasteiger partial charge in [0.15, 0.2) is 5.82 Å². The minimum absolute atomic E-state index is 0.248. The maximum absolute atomic E-state index is 13.3. The number of rotatable bonds is 6. The van der Waals surface area contributed by atoms with E-state index in [0.717, 1.165) is 16.9 Å². The van der Waals surface area contributed by atoms with E-state index in [1.165, 1.54) is 18.2 Å². The summed E-state index contributed by atoms with van der Waals surface area (Å²) in [5.41, 5.74) is 1.60. The van der Waals surface area contributed by atoms with Crippen molar-refractivity contribution in [3.05, 3.63) is 82.8 Å². The van der Waals surface area contributed by atoms with Crippen molar-refractivity contribution in [2.75, 3.05) is 12.4 Å². The van der Waals surface area contributed by atoms with E-state index in [0.29, 0.717) is 11.6 Å². The molecule has 1 N–H and O–H groups in total. The predicted molar refractivity (Wildman–Crippen MR) is 103 cm³/mol. The number of hydrogen-bond acceptors (Lipinski definition) is 3. The highest BCUT2D eigenvalue weighted by atomic mass is 35.5. The van der Waals surface area contributed by atoms with Gasteiger partial charge in [0, 0.05) is 12.3 Å². The van der Waals surface area contributed by atoms with Gasteiger partial charge < -0.3 is 10.1 Å².